The lowest BCUT2D eigenvalue weighted by atomic mass is 10.3. The molecule has 0 amide bonds. The van der Waals surface area contributed by atoms with Crippen LogP contribution in [0.2, 0.25) is 0 Å². The molecule has 0 saturated carbocycles. The quantitative estimate of drug-likeness (QED) is 0.422. The van der Waals surface area contributed by atoms with E-state index in [9.17, 15) is 33.7 Å². The molecule has 10 nitrogen and oxygen atoms in total. The summed E-state index contributed by atoms with van der Waals surface area (Å²) >= 11 is 0. The Kier molecular flexibility index (Phi) is 8.52. The van der Waals surface area contributed by atoms with Gasteiger partial charge in [-0.3, -0.25) is 0 Å². The second-order valence-electron chi connectivity index (χ2n) is 7.85. The lowest BCUT2D eigenvalue weighted by Gasteiger charge is -2.18. The van der Waals surface area contributed by atoms with Crippen molar-refractivity contribution < 1.29 is 40.9 Å². The van der Waals surface area contributed by atoms with E-state index in [-0.39, 0.29) is 19.3 Å². The van der Waals surface area contributed by atoms with E-state index in [1.807, 2.05) is 0 Å². The van der Waals surface area contributed by atoms with Gasteiger partial charge in [-0.15, -0.1) is 7.26 Å². The van der Waals surface area contributed by atoms with Crippen LogP contribution in [0.3, 0.4) is 0 Å². The minimum atomic E-state index is -4.35. The summed E-state index contributed by atoms with van der Waals surface area (Å²) < 4.78 is 99.6. The van der Waals surface area contributed by atoms with Crippen molar-refractivity contribution in [2.24, 2.45) is 0 Å². The molecule has 14 heteroatoms. The molecular formula is C13H28O10S4. The van der Waals surface area contributed by atoms with Crippen molar-refractivity contribution in [2.75, 3.05) is 11.5 Å². The molecule has 0 aromatic carbocycles. The normalized spacial score (nSPS) is 15.0. The van der Waals surface area contributed by atoms with Gasteiger partial charge in [0.2, 0.25) is 0 Å². The predicted octanol–water partition coefficient (Wildman–Crippen LogP) is 1.11. The minimum absolute atomic E-state index is 0.0659. The Hall–Kier alpha value is -0.280. The Bertz CT molecular complexity index is 834. The molecule has 0 rings (SSSR count). The average molecular weight is 473 g/mol. The maximum Gasteiger partial charge on any atom is 0.286 e. The van der Waals surface area contributed by atoms with Crippen LogP contribution in [0.15, 0.2) is 0 Å². The molecule has 0 aliphatic rings. The smallest absolute Gasteiger partial charge is 0.198 e. The minimum Gasteiger partial charge on any atom is -0.198 e. The standard InChI is InChI=1S/C13H28O10S4/c1-12(2,3)26(18,19)22-24(14,15)10-8-7-9-11-25(16,17)23-27(20,21)13(4,5)6/h7-11H2,1-6H3. The molecule has 0 spiro atoms. The molecule has 0 aromatic rings. The van der Waals surface area contributed by atoms with Gasteiger partial charge < -0.3 is 0 Å². The van der Waals surface area contributed by atoms with Gasteiger partial charge in [-0.2, -0.15) is 33.7 Å². The van der Waals surface area contributed by atoms with E-state index < -0.39 is 61.5 Å². The largest absolute Gasteiger partial charge is 0.286 e. The van der Waals surface area contributed by atoms with Crippen LogP contribution in [0.1, 0.15) is 60.8 Å². The lowest BCUT2D eigenvalue weighted by molar-refractivity contribution is 0.437. The van der Waals surface area contributed by atoms with Crippen molar-refractivity contribution in [3.05, 3.63) is 0 Å². The SMILES string of the molecule is CC(C)(C)S(=O)(=O)OS(=O)(=O)CCCCCS(=O)(=O)OS(=O)(=O)C(C)(C)C. The molecule has 0 atom stereocenters. The van der Waals surface area contributed by atoms with Gasteiger partial charge in [-0.05, 0) is 54.4 Å². The zero-order chi connectivity index (χ0) is 21.9. The van der Waals surface area contributed by atoms with Gasteiger partial charge in [-0.1, -0.05) is 6.42 Å². The Morgan fingerprint density at radius 3 is 1.00 bits per heavy atom. The highest BCUT2D eigenvalue weighted by atomic mass is 32.3. The number of hydrogen-bond acceptors (Lipinski definition) is 10. The van der Waals surface area contributed by atoms with Crippen LogP contribution >= 0.6 is 0 Å². The van der Waals surface area contributed by atoms with Crippen LogP contribution in [0.4, 0.5) is 0 Å². The maximum atomic E-state index is 11.7. The first-order valence-corrected chi connectivity index (χ1v) is 14.0. The second kappa shape index (κ2) is 8.61. The Balaban J connectivity index is 4.60. The van der Waals surface area contributed by atoms with Crippen LogP contribution in [0.5, 0.6) is 0 Å². The van der Waals surface area contributed by atoms with Gasteiger partial charge in [0.05, 0.1) is 21.0 Å². The van der Waals surface area contributed by atoms with Crippen molar-refractivity contribution in [1.29, 1.82) is 0 Å². The van der Waals surface area contributed by atoms with E-state index in [1.54, 1.807) is 0 Å². The summed E-state index contributed by atoms with van der Waals surface area (Å²) in [6.45, 7) is 7.72. The highest BCUT2D eigenvalue weighted by Gasteiger charge is 2.36. The van der Waals surface area contributed by atoms with Gasteiger partial charge in [0.1, 0.15) is 0 Å². The van der Waals surface area contributed by atoms with Crippen molar-refractivity contribution in [3.8, 4) is 0 Å². The zero-order valence-electron chi connectivity index (χ0n) is 16.3. The van der Waals surface area contributed by atoms with E-state index >= 15 is 0 Å². The fourth-order valence-electron chi connectivity index (χ4n) is 1.28. The van der Waals surface area contributed by atoms with E-state index in [0.717, 1.165) is 0 Å². The summed E-state index contributed by atoms with van der Waals surface area (Å²) in [4.78, 5) is 0. The summed E-state index contributed by atoms with van der Waals surface area (Å²) in [7, 11) is -17.4. The third-order valence-electron chi connectivity index (χ3n) is 3.18. The molecule has 0 unspecified atom stereocenters. The third-order valence-corrected chi connectivity index (χ3v) is 10.8. The van der Waals surface area contributed by atoms with E-state index in [0.29, 0.717) is 0 Å². The van der Waals surface area contributed by atoms with Gasteiger partial charge in [0.15, 0.2) is 0 Å². The third kappa shape index (κ3) is 9.17. The summed E-state index contributed by atoms with van der Waals surface area (Å²) in [5.41, 5.74) is 0. The molecule has 0 radical (unpaired) electrons. The molecule has 164 valence electrons. The molecular weight excluding hydrogens is 444 g/mol. The Morgan fingerprint density at radius 1 is 0.519 bits per heavy atom. The second-order valence-corrected chi connectivity index (χ2v) is 16.3. The number of hydrogen-bond donors (Lipinski definition) is 0. The summed E-state index contributed by atoms with van der Waals surface area (Å²) in [5, 5.41) is 0. The van der Waals surface area contributed by atoms with Crippen LogP contribution in [-0.4, -0.2) is 54.7 Å². The van der Waals surface area contributed by atoms with Gasteiger partial charge in [-0.25, -0.2) is 0 Å². The van der Waals surface area contributed by atoms with Gasteiger partial charge in [0.25, 0.3) is 40.5 Å². The van der Waals surface area contributed by atoms with Crippen molar-refractivity contribution >= 4 is 40.5 Å². The average Bonchev–Trinajstić information content (AvgIpc) is 2.32. The molecule has 0 aromatic heterocycles. The number of rotatable bonds is 10. The molecule has 0 fully saturated rings. The molecule has 0 aliphatic heterocycles. The number of unbranched alkanes of at least 4 members (excludes halogenated alkanes) is 2. The van der Waals surface area contributed by atoms with Crippen molar-refractivity contribution in [3.63, 3.8) is 0 Å². The van der Waals surface area contributed by atoms with Crippen molar-refractivity contribution in [2.45, 2.75) is 70.3 Å². The molecule has 0 bridgehead atoms. The fourth-order valence-corrected chi connectivity index (χ4v) is 6.76. The highest BCUT2D eigenvalue weighted by molar-refractivity contribution is 8.01. The highest BCUT2D eigenvalue weighted by Crippen LogP contribution is 2.21. The molecule has 27 heavy (non-hydrogen) atoms. The monoisotopic (exact) mass is 472 g/mol. The van der Waals surface area contributed by atoms with Crippen LogP contribution in [-0.2, 0) is 47.7 Å². The first-order valence-electron chi connectivity index (χ1n) is 7.99. The van der Waals surface area contributed by atoms with Crippen molar-refractivity contribution in [1.82, 2.24) is 0 Å². The van der Waals surface area contributed by atoms with Gasteiger partial charge >= 0.3 is 0 Å². The van der Waals surface area contributed by atoms with Crippen LogP contribution in [0.25, 0.3) is 0 Å². The zero-order valence-corrected chi connectivity index (χ0v) is 19.5. The van der Waals surface area contributed by atoms with E-state index in [1.165, 1.54) is 41.5 Å². The Labute approximate surface area is 163 Å². The maximum absolute atomic E-state index is 11.7. The molecule has 0 aliphatic carbocycles. The van der Waals surface area contributed by atoms with E-state index in [4.69, 9.17) is 0 Å². The predicted molar refractivity (Wildman–Crippen MR) is 101 cm³/mol. The first kappa shape index (κ1) is 26.7. The fraction of sp³-hybridized carbons (Fsp3) is 1.00. The summed E-state index contributed by atoms with van der Waals surface area (Å²) in [5.74, 6) is -1.24. The topological polar surface area (TPSA) is 155 Å². The van der Waals surface area contributed by atoms with Gasteiger partial charge in [0, 0.05) is 0 Å². The van der Waals surface area contributed by atoms with Crippen LogP contribution in [0, 0.1) is 0 Å². The lowest BCUT2D eigenvalue weighted by Crippen LogP contribution is -2.32. The summed E-state index contributed by atoms with van der Waals surface area (Å²) in [6.07, 6.45) is -0.0522. The molecule has 0 saturated heterocycles. The Morgan fingerprint density at radius 2 is 0.778 bits per heavy atom. The van der Waals surface area contributed by atoms with Crippen LogP contribution < -0.4 is 0 Å². The first-order chi connectivity index (χ1) is 11.6. The molecule has 0 heterocycles. The summed E-state index contributed by atoms with van der Waals surface area (Å²) in [6, 6.07) is 0. The molecule has 0 N–H and O–H groups in total. The van der Waals surface area contributed by atoms with E-state index in [2.05, 4.69) is 7.26 Å².